The summed E-state index contributed by atoms with van der Waals surface area (Å²) in [4.78, 5) is 11.6. The molecule has 0 radical (unpaired) electrons. The number of benzene rings is 1. The lowest BCUT2D eigenvalue weighted by Gasteiger charge is -2.19. The van der Waals surface area contributed by atoms with Gasteiger partial charge in [-0.1, -0.05) is 0 Å². The Morgan fingerprint density at radius 2 is 2.00 bits per heavy atom. The molecular formula is C11H13IO3. The van der Waals surface area contributed by atoms with E-state index >= 15 is 0 Å². The quantitative estimate of drug-likeness (QED) is 0.639. The second-order valence-electron chi connectivity index (χ2n) is 4.16. The second-order valence-corrected chi connectivity index (χ2v) is 5.41. The fourth-order valence-electron chi connectivity index (χ4n) is 1.01. The van der Waals surface area contributed by atoms with E-state index in [1.54, 1.807) is 32.9 Å². The molecule has 3 nitrogen and oxygen atoms in total. The van der Waals surface area contributed by atoms with Gasteiger partial charge in [-0.15, -0.1) is 0 Å². The number of aromatic hydroxyl groups is 1. The summed E-state index contributed by atoms with van der Waals surface area (Å²) in [7, 11) is 0. The van der Waals surface area contributed by atoms with E-state index in [1.165, 1.54) is 6.07 Å². The lowest BCUT2D eigenvalue weighted by atomic mass is 10.1. The molecule has 0 heterocycles. The molecule has 0 aliphatic heterocycles. The summed E-state index contributed by atoms with van der Waals surface area (Å²) in [6.07, 6.45) is 0. The Balaban J connectivity index is 2.92. The molecule has 0 bridgehead atoms. The summed E-state index contributed by atoms with van der Waals surface area (Å²) in [6.45, 7) is 5.36. The minimum Gasteiger partial charge on any atom is -0.507 e. The van der Waals surface area contributed by atoms with Crippen LogP contribution in [0, 0.1) is 3.57 Å². The Kier molecular flexibility index (Phi) is 3.59. The zero-order chi connectivity index (χ0) is 11.6. The largest absolute Gasteiger partial charge is 0.507 e. The Bertz CT molecular complexity index is 380. The normalized spacial score (nSPS) is 11.2. The van der Waals surface area contributed by atoms with Crippen molar-refractivity contribution in [3.8, 4) is 5.75 Å². The monoisotopic (exact) mass is 320 g/mol. The topological polar surface area (TPSA) is 46.5 Å². The highest BCUT2D eigenvalue weighted by Crippen LogP contribution is 2.22. The summed E-state index contributed by atoms with van der Waals surface area (Å²) < 4.78 is 6.02. The van der Waals surface area contributed by atoms with Gasteiger partial charge in [0, 0.05) is 3.57 Å². The van der Waals surface area contributed by atoms with Crippen LogP contribution in [0.2, 0.25) is 0 Å². The van der Waals surface area contributed by atoms with E-state index in [2.05, 4.69) is 22.6 Å². The molecule has 0 spiro atoms. The maximum Gasteiger partial charge on any atom is 0.342 e. The molecule has 0 amide bonds. The third kappa shape index (κ3) is 3.70. The third-order valence-corrected chi connectivity index (χ3v) is 2.25. The first kappa shape index (κ1) is 12.3. The highest BCUT2D eigenvalue weighted by atomic mass is 127. The lowest BCUT2D eigenvalue weighted by Crippen LogP contribution is -2.23. The number of hydrogen-bond donors (Lipinski definition) is 1. The summed E-state index contributed by atoms with van der Waals surface area (Å²) in [5.41, 5.74) is -0.350. The maximum atomic E-state index is 11.6. The maximum absolute atomic E-state index is 11.6. The molecule has 1 aromatic carbocycles. The molecule has 0 unspecified atom stereocenters. The lowest BCUT2D eigenvalue weighted by molar-refractivity contribution is 0.00668. The number of phenols is 1. The highest BCUT2D eigenvalue weighted by molar-refractivity contribution is 14.1. The number of halogens is 1. The van der Waals surface area contributed by atoms with Crippen LogP contribution in [0.5, 0.6) is 5.75 Å². The van der Waals surface area contributed by atoms with Crippen molar-refractivity contribution in [2.45, 2.75) is 26.4 Å². The fourth-order valence-corrected chi connectivity index (χ4v) is 1.49. The Morgan fingerprint density at radius 3 is 2.47 bits per heavy atom. The number of carbonyl (C=O) groups excluding carboxylic acids is 1. The van der Waals surface area contributed by atoms with Gasteiger partial charge in [-0.2, -0.15) is 0 Å². The predicted molar refractivity (Wildman–Crippen MR) is 66.0 cm³/mol. The number of rotatable bonds is 1. The van der Waals surface area contributed by atoms with E-state index < -0.39 is 11.6 Å². The van der Waals surface area contributed by atoms with Crippen molar-refractivity contribution in [1.29, 1.82) is 0 Å². The molecule has 1 N–H and O–H groups in total. The van der Waals surface area contributed by atoms with Crippen LogP contribution in [0.15, 0.2) is 18.2 Å². The van der Waals surface area contributed by atoms with Crippen molar-refractivity contribution >= 4 is 28.6 Å². The van der Waals surface area contributed by atoms with Gasteiger partial charge < -0.3 is 9.84 Å². The van der Waals surface area contributed by atoms with E-state index in [0.29, 0.717) is 0 Å². The van der Waals surface area contributed by atoms with Crippen LogP contribution in [0.25, 0.3) is 0 Å². The summed E-state index contributed by atoms with van der Waals surface area (Å²) >= 11 is 2.06. The van der Waals surface area contributed by atoms with E-state index in [0.717, 1.165) is 3.57 Å². The molecule has 0 atom stereocenters. The van der Waals surface area contributed by atoms with Gasteiger partial charge in [-0.3, -0.25) is 0 Å². The SMILES string of the molecule is CC(C)(C)OC(=O)c1ccc(I)cc1O. The molecule has 0 aliphatic rings. The molecule has 4 heteroatoms. The van der Waals surface area contributed by atoms with E-state index in [4.69, 9.17) is 4.74 Å². The van der Waals surface area contributed by atoms with Crippen molar-refractivity contribution in [3.63, 3.8) is 0 Å². The van der Waals surface area contributed by atoms with Crippen LogP contribution >= 0.6 is 22.6 Å². The molecule has 1 aromatic rings. The van der Waals surface area contributed by atoms with Crippen molar-refractivity contribution in [2.75, 3.05) is 0 Å². The fraction of sp³-hybridized carbons (Fsp3) is 0.364. The van der Waals surface area contributed by atoms with E-state index in [-0.39, 0.29) is 11.3 Å². The van der Waals surface area contributed by atoms with Crippen LogP contribution in [-0.4, -0.2) is 16.7 Å². The number of phenolic OH excluding ortho intramolecular Hbond substituents is 1. The van der Waals surface area contributed by atoms with Crippen molar-refractivity contribution in [2.24, 2.45) is 0 Å². The van der Waals surface area contributed by atoms with Crippen LogP contribution < -0.4 is 0 Å². The van der Waals surface area contributed by atoms with Crippen molar-refractivity contribution in [1.82, 2.24) is 0 Å². The Labute approximate surface area is 103 Å². The number of carbonyl (C=O) groups is 1. The second kappa shape index (κ2) is 4.38. The van der Waals surface area contributed by atoms with Gasteiger partial charge in [0.25, 0.3) is 0 Å². The average Bonchev–Trinajstić information content (AvgIpc) is 1.99. The molecule has 0 fully saturated rings. The zero-order valence-corrected chi connectivity index (χ0v) is 11.0. The van der Waals surface area contributed by atoms with Crippen LogP contribution in [0.4, 0.5) is 0 Å². The number of hydrogen-bond acceptors (Lipinski definition) is 3. The minimum absolute atomic E-state index is 0.0452. The minimum atomic E-state index is -0.549. The van der Waals surface area contributed by atoms with Crippen molar-refractivity contribution < 1.29 is 14.6 Å². The number of esters is 1. The van der Waals surface area contributed by atoms with Gasteiger partial charge in [-0.25, -0.2) is 4.79 Å². The molecule has 1 rings (SSSR count). The molecule has 0 saturated heterocycles. The summed E-state index contributed by atoms with van der Waals surface area (Å²) in [6, 6.07) is 4.84. The summed E-state index contributed by atoms with van der Waals surface area (Å²) in [5, 5.41) is 9.55. The van der Waals surface area contributed by atoms with E-state index in [9.17, 15) is 9.90 Å². The van der Waals surface area contributed by atoms with Crippen molar-refractivity contribution in [3.05, 3.63) is 27.3 Å². The van der Waals surface area contributed by atoms with Gasteiger partial charge in [0.1, 0.15) is 16.9 Å². The molecule has 0 aliphatic carbocycles. The average molecular weight is 320 g/mol. The molecular weight excluding hydrogens is 307 g/mol. The standard InChI is InChI=1S/C11H13IO3/c1-11(2,3)15-10(14)8-5-4-7(12)6-9(8)13/h4-6,13H,1-3H3. The van der Waals surface area contributed by atoms with Gasteiger partial charge in [0.05, 0.1) is 0 Å². The van der Waals surface area contributed by atoms with Gasteiger partial charge in [-0.05, 0) is 61.6 Å². The van der Waals surface area contributed by atoms with Crippen LogP contribution in [0.3, 0.4) is 0 Å². The Morgan fingerprint density at radius 1 is 1.40 bits per heavy atom. The molecule has 15 heavy (non-hydrogen) atoms. The van der Waals surface area contributed by atoms with Gasteiger partial charge in [0.15, 0.2) is 0 Å². The first-order valence-electron chi connectivity index (χ1n) is 4.51. The van der Waals surface area contributed by atoms with E-state index in [1.807, 2.05) is 0 Å². The zero-order valence-electron chi connectivity index (χ0n) is 8.87. The highest BCUT2D eigenvalue weighted by Gasteiger charge is 2.20. The smallest absolute Gasteiger partial charge is 0.342 e. The first-order valence-corrected chi connectivity index (χ1v) is 5.59. The predicted octanol–water partition coefficient (Wildman–Crippen LogP) is 2.95. The first-order chi connectivity index (χ1) is 6.79. The Hall–Kier alpha value is -0.780. The third-order valence-electron chi connectivity index (χ3n) is 1.58. The van der Waals surface area contributed by atoms with Crippen LogP contribution in [0.1, 0.15) is 31.1 Å². The molecule has 82 valence electrons. The number of ether oxygens (including phenoxy) is 1. The molecule has 0 saturated carbocycles. The van der Waals surface area contributed by atoms with Gasteiger partial charge >= 0.3 is 5.97 Å². The summed E-state index contributed by atoms with van der Waals surface area (Å²) in [5.74, 6) is -0.549. The molecule has 0 aromatic heterocycles. The van der Waals surface area contributed by atoms with Crippen LogP contribution in [-0.2, 0) is 4.74 Å². The van der Waals surface area contributed by atoms with Gasteiger partial charge in [0.2, 0.25) is 0 Å².